The zero-order valence-electron chi connectivity index (χ0n) is 6.59. The topological polar surface area (TPSA) is 17.8 Å². The highest BCUT2D eigenvalue weighted by Crippen LogP contribution is 2.66. The Morgan fingerprint density at radius 3 is 3.08 bits per heavy atom. The van der Waals surface area contributed by atoms with E-state index in [0.29, 0.717) is 6.42 Å². The third kappa shape index (κ3) is 0.509. The molecule has 1 heterocycles. The molecule has 0 spiro atoms. The Morgan fingerprint density at radius 2 is 2.42 bits per heavy atom. The minimum absolute atomic E-state index is 0.101. The number of rotatable bonds is 0. The number of fused-ring (bicyclic) bond motifs is 3. The Kier molecular flexibility index (Phi) is 0.852. The predicted molar refractivity (Wildman–Crippen MR) is 38.0 cm³/mol. The third-order valence-electron chi connectivity index (χ3n) is 2.94. The standard InChI is InChI=1S/C8H8F2N2/c1-12-7-5(3-11-12)4-2-6(4)8(7,9)10/h3-4,6H,2H2,1H3. The first-order valence-electron chi connectivity index (χ1n) is 4.02. The van der Waals surface area contributed by atoms with Crippen LogP contribution in [-0.4, -0.2) is 9.78 Å². The second-order valence-electron chi connectivity index (χ2n) is 3.64. The van der Waals surface area contributed by atoms with Crippen molar-refractivity contribution >= 4 is 0 Å². The molecule has 0 radical (unpaired) electrons. The van der Waals surface area contributed by atoms with Crippen LogP contribution in [0.1, 0.15) is 23.6 Å². The van der Waals surface area contributed by atoms with Crippen LogP contribution >= 0.6 is 0 Å². The molecule has 3 rings (SSSR count). The molecule has 12 heavy (non-hydrogen) atoms. The molecule has 4 heteroatoms. The Labute approximate surface area is 68.2 Å². The van der Waals surface area contributed by atoms with Gasteiger partial charge in [0.25, 0.3) is 5.92 Å². The highest BCUT2D eigenvalue weighted by atomic mass is 19.3. The van der Waals surface area contributed by atoms with E-state index in [0.717, 1.165) is 5.56 Å². The molecule has 0 aliphatic heterocycles. The molecule has 1 aromatic heterocycles. The van der Waals surface area contributed by atoms with Gasteiger partial charge in [-0.05, 0) is 12.3 Å². The van der Waals surface area contributed by atoms with Crippen LogP contribution in [0.4, 0.5) is 8.78 Å². The van der Waals surface area contributed by atoms with E-state index in [-0.39, 0.29) is 11.6 Å². The number of hydrogen-bond donors (Lipinski definition) is 0. The maximum Gasteiger partial charge on any atom is 0.293 e. The summed E-state index contributed by atoms with van der Waals surface area (Å²) < 4.78 is 28.1. The second-order valence-corrected chi connectivity index (χ2v) is 3.64. The van der Waals surface area contributed by atoms with Crippen LogP contribution in [0.2, 0.25) is 0 Å². The molecular formula is C8H8F2N2. The van der Waals surface area contributed by atoms with Gasteiger partial charge in [0.2, 0.25) is 0 Å². The van der Waals surface area contributed by atoms with E-state index in [2.05, 4.69) is 5.10 Å². The van der Waals surface area contributed by atoms with E-state index in [1.54, 1.807) is 13.2 Å². The molecular weight excluding hydrogens is 162 g/mol. The van der Waals surface area contributed by atoms with Crippen molar-refractivity contribution in [1.82, 2.24) is 9.78 Å². The van der Waals surface area contributed by atoms with Crippen LogP contribution in [0.15, 0.2) is 6.20 Å². The van der Waals surface area contributed by atoms with Gasteiger partial charge in [-0.1, -0.05) is 0 Å². The molecule has 0 aromatic carbocycles. The monoisotopic (exact) mass is 170 g/mol. The summed E-state index contributed by atoms with van der Waals surface area (Å²) in [5.74, 6) is -2.94. The summed E-state index contributed by atoms with van der Waals surface area (Å²) in [6.45, 7) is 0. The minimum atomic E-state index is -2.62. The first-order chi connectivity index (χ1) is 5.62. The van der Waals surface area contributed by atoms with Crippen LogP contribution < -0.4 is 0 Å². The lowest BCUT2D eigenvalue weighted by Gasteiger charge is -2.12. The van der Waals surface area contributed by atoms with Crippen LogP contribution in [-0.2, 0) is 13.0 Å². The van der Waals surface area contributed by atoms with Crippen LogP contribution in [0, 0.1) is 5.92 Å². The maximum atomic E-state index is 13.4. The van der Waals surface area contributed by atoms with Crippen LogP contribution in [0.3, 0.4) is 0 Å². The average Bonchev–Trinajstić information content (AvgIpc) is 2.64. The van der Waals surface area contributed by atoms with E-state index in [4.69, 9.17) is 0 Å². The zero-order valence-corrected chi connectivity index (χ0v) is 6.59. The number of alkyl halides is 2. The third-order valence-corrected chi connectivity index (χ3v) is 2.94. The number of nitrogens with zero attached hydrogens (tertiary/aromatic N) is 2. The smallest absolute Gasteiger partial charge is 0.266 e. The van der Waals surface area contributed by atoms with Crippen molar-refractivity contribution in [2.45, 2.75) is 18.3 Å². The maximum absolute atomic E-state index is 13.4. The summed E-state index contributed by atoms with van der Waals surface area (Å²) in [5.41, 5.74) is 0.913. The van der Waals surface area contributed by atoms with Crippen LogP contribution in [0.5, 0.6) is 0 Å². The van der Waals surface area contributed by atoms with E-state index >= 15 is 0 Å². The van der Waals surface area contributed by atoms with Gasteiger partial charge in [-0.2, -0.15) is 13.9 Å². The molecule has 1 aromatic rings. The SMILES string of the molecule is Cn1ncc2c1C(F)(F)C1CC21. The average molecular weight is 170 g/mol. The Balaban J connectivity index is 2.28. The largest absolute Gasteiger partial charge is 0.293 e. The van der Waals surface area contributed by atoms with E-state index in [9.17, 15) is 8.78 Å². The quantitative estimate of drug-likeness (QED) is 0.578. The van der Waals surface area contributed by atoms with E-state index in [1.165, 1.54) is 4.68 Å². The lowest BCUT2D eigenvalue weighted by atomic mass is 10.2. The fraction of sp³-hybridized carbons (Fsp3) is 0.625. The molecule has 0 amide bonds. The fourth-order valence-electron chi connectivity index (χ4n) is 2.25. The van der Waals surface area contributed by atoms with Gasteiger partial charge in [0, 0.05) is 18.5 Å². The molecule has 0 saturated heterocycles. The molecule has 2 nitrogen and oxygen atoms in total. The van der Waals surface area contributed by atoms with Gasteiger partial charge in [-0.3, -0.25) is 4.68 Å². The fourth-order valence-corrected chi connectivity index (χ4v) is 2.25. The molecule has 0 bridgehead atoms. The predicted octanol–water partition coefficient (Wildman–Crippen LogP) is 1.63. The first kappa shape index (κ1) is 6.57. The van der Waals surface area contributed by atoms with Crippen molar-refractivity contribution in [3.8, 4) is 0 Å². The highest BCUT2D eigenvalue weighted by Gasteiger charge is 2.65. The van der Waals surface area contributed by atoms with E-state index in [1.807, 2.05) is 0 Å². The second kappa shape index (κ2) is 1.56. The molecule has 1 saturated carbocycles. The van der Waals surface area contributed by atoms with Gasteiger partial charge in [-0.25, -0.2) is 0 Å². The molecule has 64 valence electrons. The van der Waals surface area contributed by atoms with Crippen molar-refractivity contribution in [3.63, 3.8) is 0 Å². The van der Waals surface area contributed by atoms with Crippen molar-refractivity contribution in [2.75, 3.05) is 0 Å². The Bertz CT molecular complexity index is 356. The van der Waals surface area contributed by atoms with Crippen molar-refractivity contribution in [2.24, 2.45) is 13.0 Å². The molecule has 0 N–H and O–H groups in total. The minimum Gasteiger partial charge on any atom is -0.266 e. The first-order valence-corrected chi connectivity index (χ1v) is 4.02. The van der Waals surface area contributed by atoms with Gasteiger partial charge >= 0.3 is 0 Å². The Hall–Kier alpha value is -0.930. The van der Waals surface area contributed by atoms with Gasteiger partial charge in [0.15, 0.2) is 0 Å². The lowest BCUT2D eigenvalue weighted by molar-refractivity contribution is -0.0301. The summed E-state index contributed by atoms with van der Waals surface area (Å²) in [6, 6.07) is 0. The van der Waals surface area contributed by atoms with Crippen molar-refractivity contribution in [1.29, 1.82) is 0 Å². The van der Waals surface area contributed by atoms with Gasteiger partial charge in [-0.15, -0.1) is 0 Å². The van der Waals surface area contributed by atoms with Crippen molar-refractivity contribution in [3.05, 3.63) is 17.5 Å². The van der Waals surface area contributed by atoms with Crippen molar-refractivity contribution < 1.29 is 8.78 Å². The zero-order chi connectivity index (χ0) is 8.51. The molecule has 2 unspecified atom stereocenters. The summed E-state index contributed by atoms with van der Waals surface area (Å²) in [4.78, 5) is 0. The highest BCUT2D eigenvalue weighted by molar-refractivity contribution is 5.41. The summed E-state index contributed by atoms with van der Waals surface area (Å²) in [5, 5.41) is 3.85. The Morgan fingerprint density at radius 1 is 1.67 bits per heavy atom. The number of hydrogen-bond acceptors (Lipinski definition) is 1. The molecule has 2 atom stereocenters. The van der Waals surface area contributed by atoms with Gasteiger partial charge in [0.05, 0.1) is 6.20 Å². The lowest BCUT2D eigenvalue weighted by Crippen LogP contribution is -2.18. The molecule has 2 aliphatic carbocycles. The number of aromatic nitrogens is 2. The van der Waals surface area contributed by atoms with Gasteiger partial charge in [0.1, 0.15) is 5.69 Å². The summed E-state index contributed by atoms with van der Waals surface area (Å²) in [7, 11) is 1.58. The van der Waals surface area contributed by atoms with Gasteiger partial charge < -0.3 is 0 Å². The summed E-state index contributed by atoms with van der Waals surface area (Å²) in [6.07, 6.45) is 2.23. The number of aryl methyl sites for hydroxylation is 1. The molecule has 1 fully saturated rings. The molecule has 2 aliphatic rings. The number of halogens is 2. The summed E-state index contributed by atoms with van der Waals surface area (Å²) >= 11 is 0. The normalized spacial score (nSPS) is 34.6. The van der Waals surface area contributed by atoms with Crippen LogP contribution in [0.25, 0.3) is 0 Å². The van der Waals surface area contributed by atoms with E-state index < -0.39 is 11.8 Å².